The number of nitrogens with zero attached hydrogens (tertiary/aromatic N) is 1. The summed E-state index contributed by atoms with van der Waals surface area (Å²) in [5.74, 6) is 0.697. The summed E-state index contributed by atoms with van der Waals surface area (Å²) in [7, 11) is 0. The van der Waals surface area contributed by atoms with E-state index in [9.17, 15) is 0 Å². The molecule has 0 unspecified atom stereocenters. The molecule has 0 aromatic rings. The quantitative estimate of drug-likeness (QED) is 0.388. The highest BCUT2D eigenvalue weighted by Crippen LogP contribution is 2.62. The van der Waals surface area contributed by atoms with Gasteiger partial charge in [0, 0.05) is 0 Å². The van der Waals surface area contributed by atoms with E-state index in [1.807, 2.05) is 0 Å². The zero-order valence-corrected chi connectivity index (χ0v) is 9.06. The number of oxime groups is 1. The third kappa shape index (κ3) is 0.734. The van der Waals surface area contributed by atoms with Crippen molar-refractivity contribution in [3.8, 4) is 0 Å². The van der Waals surface area contributed by atoms with Gasteiger partial charge in [0.25, 0.3) is 0 Å². The van der Waals surface area contributed by atoms with Crippen molar-refractivity contribution in [2.24, 2.45) is 16.5 Å². The Kier molecular flexibility index (Phi) is 1.60. The van der Waals surface area contributed by atoms with Gasteiger partial charge >= 0.3 is 0 Å². The second-order valence-corrected chi connectivity index (χ2v) is 5.86. The summed E-state index contributed by atoms with van der Waals surface area (Å²) in [6.45, 7) is 4.52. The average Bonchev–Trinajstić information content (AvgIpc) is 2.34. The van der Waals surface area contributed by atoms with E-state index in [1.165, 1.54) is 6.42 Å². The van der Waals surface area contributed by atoms with Gasteiger partial charge in [0.1, 0.15) is 0 Å². The maximum Gasteiger partial charge on any atom is 0.0746 e. The van der Waals surface area contributed by atoms with E-state index >= 15 is 0 Å². The van der Waals surface area contributed by atoms with Crippen LogP contribution in [0.5, 0.6) is 0 Å². The van der Waals surface area contributed by atoms with E-state index in [0.29, 0.717) is 5.92 Å². The maximum atomic E-state index is 8.84. The van der Waals surface area contributed by atoms with Crippen molar-refractivity contribution in [3.05, 3.63) is 0 Å². The molecule has 68 valence electrons. The number of fused-ring (bicyclic) bond motifs is 2. The predicted octanol–water partition coefficient (Wildman–Crippen LogP) is 2.79. The van der Waals surface area contributed by atoms with Crippen molar-refractivity contribution in [3.63, 3.8) is 0 Å². The lowest BCUT2D eigenvalue weighted by atomic mass is 9.82. The first-order chi connectivity index (χ1) is 5.52. The molecule has 2 atom stereocenters. The molecule has 0 amide bonds. The van der Waals surface area contributed by atoms with E-state index in [4.69, 9.17) is 5.21 Å². The second-order valence-electron chi connectivity index (χ2n) is 4.51. The highest BCUT2D eigenvalue weighted by molar-refractivity contribution is 9.10. The molecule has 0 aromatic heterocycles. The minimum atomic E-state index is -0.0145. The van der Waals surface area contributed by atoms with Crippen LogP contribution in [0.1, 0.15) is 33.1 Å². The summed E-state index contributed by atoms with van der Waals surface area (Å²) in [4.78, 5) is 0. The number of rotatable bonds is 0. The summed E-state index contributed by atoms with van der Waals surface area (Å²) in [5, 5.41) is 12.3. The zero-order chi connectivity index (χ0) is 8.98. The first-order valence-corrected chi connectivity index (χ1v) is 5.22. The fourth-order valence-corrected chi connectivity index (χ4v) is 3.56. The van der Waals surface area contributed by atoms with Crippen LogP contribution in [0, 0.1) is 11.3 Å². The average molecular weight is 232 g/mol. The van der Waals surface area contributed by atoms with Crippen LogP contribution < -0.4 is 0 Å². The molecule has 0 radical (unpaired) electrons. The monoisotopic (exact) mass is 231 g/mol. The molecule has 0 saturated heterocycles. The summed E-state index contributed by atoms with van der Waals surface area (Å²) >= 11 is 3.74. The maximum absolute atomic E-state index is 8.84. The standard InChI is InChI=1S/C9H14BrNO/c1-8(2)6-3-4-9(8,10)7(5-6)11-12/h6,12H,3-5H2,1-2H3/b11-7+/t6-,9-/m1/s1. The first-order valence-electron chi connectivity index (χ1n) is 4.42. The van der Waals surface area contributed by atoms with Crippen molar-refractivity contribution in [2.45, 2.75) is 37.4 Å². The summed E-state index contributed by atoms with van der Waals surface area (Å²) < 4.78 is -0.0145. The van der Waals surface area contributed by atoms with E-state index in [-0.39, 0.29) is 9.74 Å². The molecule has 2 rings (SSSR count). The smallest absolute Gasteiger partial charge is 0.0746 e. The highest BCUT2D eigenvalue weighted by Gasteiger charge is 2.61. The molecule has 2 saturated carbocycles. The lowest BCUT2D eigenvalue weighted by Gasteiger charge is -2.31. The molecule has 1 N–H and O–H groups in total. The summed E-state index contributed by atoms with van der Waals surface area (Å²) in [6, 6.07) is 0. The molecular formula is C9H14BrNO. The fourth-order valence-electron chi connectivity index (χ4n) is 2.77. The summed E-state index contributed by atoms with van der Waals surface area (Å²) in [6.07, 6.45) is 3.34. The van der Waals surface area contributed by atoms with Crippen molar-refractivity contribution in [2.75, 3.05) is 0 Å². The van der Waals surface area contributed by atoms with Crippen LogP contribution in [0.25, 0.3) is 0 Å². The molecule has 2 nitrogen and oxygen atoms in total. The third-order valence-electron chi connectivity index (χ3n) is 3.90. The van der Waals surface area contributed by atoms with E-state index in [0.717, 1.165) is 18.6 Å². The normalized spacial score (nSPS) is 47.2. The molecule has 2 bridgehead atoms. The van der Waals surface area contributed by atoms with Crippen LogP contribution in [-0.2, 0) is 0 Å². The molecule has 3 heteroatoms. The molecule has 0 heterocycles. The number of hydrogen-bond acceptors (Lipinski definition) is 2. The fraction of sp³-hybridized carbons (Fsp3) is 0.889. The number of halogens is 1. The minimum absolute atomic E-state index is 0.0145. The van der Waals surface area contributed by atoms with Gasteiger partial charge in [-0.05, 0) is 30.6 Å². The number of alkyl halides is 1. The van der Waals surface area contributed by atoms with Gasteiger partial charge in [-0.2, -0.15) is 0 Å². The Labute approximate surface area is 81.2 Å². The Morgan fingerprint density at radius 3 is 2.50 bits per heavy atom. The molecular weight excluding hydrogens is 218 g/mol. The van der Waals surface area contributed by atoms with E-state index < -0.39 is 0 Å². The third-order valence-corrected chi connectivity index (χ3v) is 5.77. The van der Waals surface area contributed by atoms with Crippen molar-refractivity contribution >= 4 is 21.6 Å². The van der Waals surface area contributed by atoms with Gasteiger partial charge in [-0.1, -0.05) is 34.9 Å². The lowest BCUT2D eigenvalue weighted by molar-refractivity contribution is 0.288. The van der Waals surface area contributed by atoms with E-state index in [1.54, 1.807) is 0 Å². The van der Waals surface area contributed by atoms with Gasteiger partial charge in [0.05, 0.1) is 10.0 Å². The molecule has 0 aliphatic heterocycles. The van der Waals surface area contributed by atoms with Crippen LogP contribution in [0.15, 0.2) is 5.16 Å². The van der Waals surface area contributed by atoms with Crippen LogP contribution in [0.4, 0.5) is 0 Å². The highest BCUT2D eigenvalue weighted by atomic mass is 79.9. The Hall–Kier alpha value is -0.0500. The minimum Gasteiger partial charge on any atom is -0.411 e. The van der Waals surface area contributed by atoms with Crippen LogP contribution in [0.3, 0.4) is 0 Å². The molecule has 12 heavy (non-hydrogen) atoms. The van der Waals surface area contributed by atoms with Crippen LogP contribution in [-0.4, -0.2) is 15.2 Å². The van der Waals surface area contributed by atoms with E-state index in [2.05, 4.69) is 34.9 Å². The Bertz CT molecular complexity index is 249. The summed E-state index contributed by atoms with van der Waals surface area (Å²) in [5.41, 5.74) is 1.21. The largest absolute Gasteiger partial charge is 0.411 e. The van der Waals surface area contributed by atoms with Crippen molar-refractivity contribution in [1.82, 2.24) is 0 Å². The zero-order valence-electron chi connectivity index (χ0n) is 7.47. The second kappa shape index (κ2) is 2.25. The first kappa shape index (κ1) is 8.54. The van der Waals surface area contributed by atoms with Crippen molar-refractivity contribution in [1.29, 1.82) is 0 Å². The van der Waals surface area contributed by atoms with Gasteiger partial charge in [-0.25, -0.2) is 0 Å². The predicted molar refractivity (Wildman–Crippen MR) is 52.0 cm³/mol. The Morgan fingerprint density at radius 2 is 2.25 bits per heavy atom. The van der Waals surface area contributed by atoms with Crippen LogP contribution in [0.2, 0.25) is 0 Å². The van der Waals surface area contributed by atoms with Gasteiger partial charge in [-0.15, -0.1) is 0 Å². The van der Waals surface area contributed by atoms with Gasteiger partial charge in [0.2, 0.25) is 0 Å². The Morgan fingerprint density at radius 1 is 1.58 bits per heavy atom. The Balaban J connectivity index is 2.46. The molecule has 2 aliphatic carbocycles. The lowest BCUT2D eigenvalue weighted by Crippen LogP contribution is -2.36. The number of hydrogen-bond donors (Lipinski definition) is 1. The molecule has 0 spiro atoms. The topological polar surface area (TPSA) is 32.6 Å². The SMILES string of the molecule is CC1(C)[C@@H]2CC[C@@]1(Br)/C(=N/O)C2. The van der Waals surface area contributed by atoms with Gasteiger partial charge < -0.3 is 5.21 Å². The van der Waals surface area contributed by atoms with Crippen LogP contribution >= 0.6 is 15.9 Å². The molecule has 2 aliphatic rings. The van der Waals surface area contributed by atoms with Gasteiger partial charge in [0.15, 0.2) is 0 Å². The van der Waals surface area contributed by atoms with Crippen molar-refractivity contribution < 1.29 is 5.21 Å². The van der Waals surface area contributed by atoms with Gasteiger partial charge in [-0.3, -0.25) is 0 Å². The molecule has 2 fully saturated rings. The molecule has 0 aromatic carbocycles.